The molecule has 1 heterocycles. The highest BCUT2D eigenvalue weighted by Gasteiger charge is 2.27. The maximum absolute atomic E-state index is 11.9. The Morgan fingerprint density at radius 3 is 2.48 bits per heavy atom. The monoisotopic (exact) mass is 356 g/mol. The quantitative estimate of drug-likeness (QED) is 0.670. The van der Waals surface area contributed by atoms with Crippen LogP contribution in [-0.2, 0) is 4.74 Å². The molecule has 0 saturated heterocycles. The highest BCUT2D eigenvalue weighted by atomic mass is 35.5. The first kappa shape index (κ1) is 19.7. The Balaban J connectivity index is 2.22. The van der Waals surface area contributed by atoms with Crippen LogP contribution < -0.4 is 10.6 Å². The fourth-order valence-electron chi connectivity index (χ4n) is 1.63. The third kappa shape index (κ3) is 8.14. The molecular formula is C12H20ClF3N6O. The molecule has 23 heavy (non-hydrogen) atoms. The number of rotatable bonds is 9. The average Bonchev–Trinajstić information content (AvgIpc) is 2.46. The van der Waals surface area contributed by atoms with Crippen LogP contribution in [-0.4, -0.2) is 73.2 Å². The minimum atomic E-state index is -4.27. The third-order valence-corrected chi connectivity index (χ3v) is 3.18. The van der Waals surface area contributed by atoms with Crippen LogP contribution in [0.25, 0.3) is 0 Å². The second kappa shape index (κ2) is 9.04. The zero-order valence-electron chi connectivity index (χ0n) is 13.0. The lowest BCUT2D eigenvalue weighted by Crippen LogP contribution is -2.33. The van der Waals surface area contributed by atoms with E-state index in [0.717, 1.165) is 0 Å². The van der Waals surface area contributed by atoms with Gasteiger partial charge in [0.1, 0.15) is 6.61 Å². The molecule has 0 fully saturated rings. The van der Waals surface area contributed by atoms with E-state index in [1.807, 2.05) is 11.9 Å². The van der Waals surface area contributed by atoms with Gasteiger partial charge in [0.15, 0.2) is 11.0 Å². The van der Waals surface area contributed by atoms with Crippen LogP contribution in [0.2, 0.25) is 5.15 Å². The highest BCUT2D eigenvalue weighted by molar-refractivity contribution is 6.31. The smallest absolute Gasteiger partial charge is 0.381 e. The Kier molecular flexibility index (Phi) is 7.73. The topological polar surface area (TPSA) is 80.4 Å². The molecule has 0 radical (unpaired) electrons. The number of aromatic nitrogens is 3. The van der Waals surface area contributed by atoms with Crippen molar-refractivity contribution in [2.24, 2.45) is 0 Å². The van der Waals surface area contributed by atoms with E-state index in [-0.39, 0.29) is 17.6 Å². The molecule has 0 atom stereocenters. The van der Waals surface area contributed by atoms with Gasteiger partial charge in [-0.1, -0.05) is 11.6 Å². The van der Waals surface area contributed by atoms with Crippen molar-refractivity contribution in [1.82, 2.24) is 20.1 Å². The number of nitrogen functional groups attached to an aromatic ring is 1. The molecule has 132 valence electrons. The first-order chi connectivity index (χ1) is 10.7. The molecule has 0 aliphatic carbocycles. The number of anilines is 2. The minimum absolute atomic E-state index is 0.0538. The van der Waals surface area contributed by atoms with Gasteiger partial charge in [-0.2, -0.15) is 18.2 Å². The van der Waals surface area contributed by atoms with Crippen molar-refractivity contribution in [3.05, 3.63) is 5.15 Å². The van der Waals surface area contributed by atoms with Crippen molar-refractivity contribution < 1.29 is 17.9 Å². The van der Waals surface area contributed by atoms with Gasteiger partial charge in [-0.05, 0) is 13.5 Å². The van der Waals surface area contributed by atoms with Gasteiger partial charge in [-0.15, -0.1) is 10.2 Å². The fourth-order valence-corrected chi connectivity index (χ4v) is 1.71. The number of halogens is 4. The molecule has 0 aliphatic heterocycles. The van der Waals surface area contributed by atoms with Crippen LogP contribution in [0.5, 0.6) is 0 Å². The molecule has 0 saturated carbocycles. The summed E-state index contributed by atoms with van der Waals surface area (Å²) in [6, 6.07) is 0. The number of alkyl halides is 3. The predicted molar refractivity (Wildman–Crippen MR) is 81.5 cm³/mol. The lowest BCUT2D eigenvalue weighted by molar-refractivity contribution is -0.174. The summed E-state index contributed by atoms with van der Waals surface area (Å²) in [6.45, 7) is 0.750. The van der Waals surface area contributed by atoms with E-state index in [4.69, 9.17) is 17.3 Å². The summed E-state index contributed by atoms with van der Waals surface area (Å²) < 4.78 is 40.2. The number of ether oxygens (including phenoxy) is 1. The molecule has 0 aromatic carbocycles. The van der Waals surface area contributed by atoms with Gasteiger partial charge in [0.2, 0.25) is 5.95 Å². The largest absolute Gasteiger partial charge is 0.411 e. The zero-order chi connectivity index (χ0) is 17.5. The maximum atomic E-state index is 11.9. The summed E-state index contributed by atoms with van der Waals surface area (Å²) in [7, 11) is 3.65. The van der Waals surface area contributed by atoms with Crippen molar-refractivity contribution in [1.29, 1.82) is 0 Å². The van der Waals surface area contributed by atoms with Crippen LogP contribution >= 0.6 is 11.6 Å². The van der Waals surface area contributed by atoms with Gasteiger partial charge in [0.25, 0.3) is 0 Å². The SMILES string of the molecule is CN(CCCOCC(F)(F)F)CCN(C)c1nnc(Cl)c(N)n1. The van der Waals surface area contributed by atoms with Gasteiger partial charge >= 0.3 is 6.18 Å². The third-order valence-electron chi connectivity index (χ3n) is 2.91. The van der Waals surface area contributed by atoms with Crippen molar-refractivity contribution >= 4 is 23.4 Å². The summed E-state index contributed by atoms with van der Waals surface area (Å²) in [4.78, 5) is 7.75. The molecule has 2 N–H and O–H groups in total. The Morgan fingerprint density at radius 1 is 1.17 bits per heavy atom. The van der Waals surface area contributed by atoms with Crippen LogP contribution in [0, 0.1) is 0 Å². The minimum Gasteiger partial charge on any atom is -0.381 e. The second-order valence-electron chi connectivity index (χ2n) is 5.03. The number of hydrogen-bond acceptors (Lipinski definition) is 7. The standard InChI is InChI=1S/C12H20ClF3N6O/c1-21(4-3-7-23-8-12(14,15)16)5-6-22(2)11-18-10(17)9(13)19-20-11/h3-8H2,1-2H3,(H2,17,18,20). The van der Waals surface area contributed by atoms with E-state index in [0.29, 0.717) is 32.0 Å². The summed E-state index contributed by atoms with van der Waals surface area (Å²) >= 11 is 5.65. The fraction of sp³-hybridized carbons (Fsp3) is 0.750. The van der Waals surface area contributed by atoms with Crippen molar-refractivity contribution in [3.63, 3.8) is 0 Å². The van der Waals surface area contributed by atoms with E-state index in [9.17, 15) is 13.2 Å². The first-order valence-electron chi connectivity index (χ1n) is 6.89. The van der Waals surface area contributed by atoms with E-state index in [1.54, 1.807) is 11.9 Å². The highest BCUT2D eigenvalue weighted by Crippen LogP contribution is 2.15. The summed E-state index contributed by atoms with van der Waals surface area (Å²) in [6.07, 6.45) is -3.76. The molecule has 0 spiro atoms. The molecular weight excluding hydrogens is 337 g/mol. The maximum Gasteiger partial charge on any atom is 0.411 e. The van der Waals surface area contributed by atoms with E-state index in [1.165, 1.54) is 0 Å². The van der Waals surface area contributed by atoms with Crippen LogP contribution in [0.1, 0.15) is 6.42 Å². The predicted octanol–water partition coefficient (Wildman–Crippen LogP) is 1.44. The van der Waals surface area contributed by atoms with Crippen LogP contribution in [0.4, 0.5) is 24.9 Å². The molecule has 11 heteroatoms. The Hall–Kier alpha value is -1.39. The first-order valence-corrected chi connectivity index (χ1v) is 7.26. The van der Waals surface area contributed by atoms with Gasteiger partial charge in [-0.25, -0.2) is 0 Å². The Bertz CT molecular complexity index is 490. The Morgan fingerprint density at radius 2 is 1.87 bits per heavy atom. The average molecular weight is 357 g/mol. The Labute approximate surface area is 137 Å². The second-order valence-corrected chi connectivity index (χ2v) is 5.39. The van der Waals surface area contributed by atoms with E-state index >= 15 is 0 Å². The van der Waals surface area contributed by atoms with Crippen LogP contribution in [0.3, 0.4) is 0 Å². The van der Waals surface area contributed by atoms with E-state index in [2.05, 4.69) is 19.9 Å². The summed E-state index contributed by atoms with van der Waals surface area (Å²) in [5, 5.41) is 7.57. The number of nitrogens with zero attached hydrogens (tertiary/aromatic N) is 5. The molecule has 1 aromatic heterocycles. The number of likely N-dealkylation sites (N-methyl/N-ethyl adjacent to an activating group) is 2. The molecule has 0 unspecified atom stereocenters. The molecule has 0 amide bonds. The van der Waals surface area contributed by atoms with Gasteiger partial charge < -0.3 is 20.3 Å². The van der Waals surface area contributed by atoms with Crippen molar-refractivity contribution in [3.8, 4) is 0 Å². The summed E-state index contributed by atoms with van der Waals surface area (Å²) in [5.74, 6) is 0.465. The lowest BCUT2D eigenvalue weighted by atomic mass is 10.4. The molecule has 1 rings (SSSR count). The normalized spacial score (nSPS) is 12.0. The van der Waals surface area contributed by atoms with Crippen molar-refractivity contribution in [2.75, 3.05) is 57.6 Å². The lowest BCUT2D eigenvalue weighted by Gasteiger charge is -2.22. The molecule has 7 nitrogen and oxygen atoms in total. The van der Waals surface area contributed by atoms with E-state index < -0.39 is 12.8 Å². The van der Waals surface area contributed by atoms with Gasteiger partial charge in [0, 0.05) is 33.3 Å². The molecule has 0 aliphatic rings. The molecule has 0 bridgehead atoms. The molecule has 1 aromatic rings. The number of hydrogen-bond donors (Lipinski definition) is 1. The van der Waals surface area contributed by atoms with Crippen molar-refractivity contribution in [2.45, 2.75) is 12.6 Å². The van der Waals surface area contributed by atoms with Gasteiger partial charge in [-0.3, -0.25) is 0 Å². The van der Waals surface area contributed by atoms with Crippen LogP contribution in [0.15, 0.2) is 0 Å². The summed E-state index contributed by atoms with van der Waals surface area (Å²) in [5.41, 5.74) is 5.56. The van der Waals surface area contributed by atoms with Gasteiger partial charge in [0.05, 0.1) is 0 Å². The zero-order valence-corrected chi connectivity index (χ0v) is 13.7. The number of nitrogens with two attached hydrogens (primary N) is 1.